The molecule has 1 aliphatic heterocycles. The van der Waals surface area contributed by atoms with Crippen LogP contribution in [0.4, 0.5) is 0 Å². The number of rotatable bonds is 7. The first kappa shape index (κ1) is 22.2. The molecule has 0 bridgehead atoms. The van der Waals surface area contributed by atoms with E-state index in [1.54, 1.807) is 0 Å². The summed E-state index contributed by atoms with van der Waals surface area (Å²) in [5.41, 5.74) is 0. The minimum atomic E-state index is -2.86. The number of halogens is 2. The van der Waals surface area contributed by atoms with Crippen LogP contribution in [-0.2, 0) is 14.6 Å². The molecule has 20 heavy (non-hydrogen) atoms. The minimum Gasteiger partial charge on any atom is -0.354 e. The van der Waals surface area contributed by atoms with Gasteiger partial charge in [0.25, 0.3) is 0 Å². The molecule has 0 aromatic carbocycles. The van der Waals surface area contributed by atoms with E-state index >= 15 is 0 Å². The molecule has 0 radical (unpaired) electrons. The fraction of sp³-hybridized carbons (Fsp3) is 0.909. The monoisotopic (exact) mass is 349 g/mol. The largest absolute Gasteiger partial charge is 0.354 e. The van der Waals surface area contributed by atoms with E-state index in [9.17, 15) is 13.2 Å². The zero-order chi connectivity index (χ0) is 13.4. The van der Waals surface area contributed by atoms with Crippen LogP contribution in [0, 0.1) is 0 Å². The summed E-state index contributed by atoms with van der Waals surface area (Å²) >= 11 is 0. The van der Waals surface area contributed by atoms with E-state index < -0.39 is 9.84 Å². The highest BCUT2D eigenvalue weighted by Crippen LogP contribution is 2.02. The third kappa shape index (κ3) is 9.77. The van der Waals surface area contributed by atoms with Crippen LogP contribution in [0.3, 0.4) is 0 Å². The van der Waals surface area contributed by atoms with E-state index in [2.05, 4.69) is 17.6 Å². The first-order chi connectivity index (χ1) is 8.53. The topological polar surface area (TPSA) is 78.5 Å². The van der Waals surface area contributed by atoms with Crippen molar-refractivity contribution in [2.75, 3.05) is 50.8 Å². The van der Waals surface area contributed by atoms with Crippen LogP contribution in [0.5, 0.6) is 0 Å². The van der Waals surface area contributed by atoms with E-state index in [4.69, 9.17) is 0 Å². The molecule has 1 aliphatic rings. The molecule has 0 atom stereocenters. The third-order valence-corrected chi connectivity index (χ3v) is 4.46. The van der Waals surface area contributed by atoms with Gasteiger partial charge >= 0.3 is 0 Å². The lowest BCUT2D eigenvalue weighted by Crippen LogP contribution is -2.46. The highest BCUT2D eigenvalue weighted by molar-refractivity contribution is 7.91. The Labute approximate surface area is 133 Å². The molecule has 1 fully saturated rings. The van der Waals surface area contributed by atoms with Crippen LogP contribution in [0.1, 0.15) is 13.3 Å². The Hall–Kier alpha value is -0.0800. The minimum absolute atomic E-state index is 0. The fourth-order valence-corrected chi connectivity index (χ4v) is 3.04. The summed E-state index contributed by atoms with van der Waals surface area (Å²) in [6.45, 7) is 5.66. The summed E-state index contributed by atoms with van der Waals surface area (Å²) in [6.07, 6.45) is 1.08. The molecule has 0 spiro atoms. The van der Waals surface area contributed by atoms with Crippen molar-refractivity contribution in [1.29, 1.82) is 0 Å². The summed E-state index contributed by atoms with van der Waals surface area (Å²) in [7, 11) is -2.86. The molecular formula is C11H25Cl2N3O3S. The third-order valence-electron chi connectivity index (χ3n) is 2.85. The molecule has 6 nitrogen and oxygen atoms in total. The quantitative estimate of drug-likeness (QED) is 0.615. The normalized spacial score (nSPS) is 17.6. The lowest BCUT2D eigenvalue weighted by molar-refractivity contribution is -0.122. The standard InChI is InChI=1S/C11H23N3O3S.2ClH/c1-2-3-12-4-5-13-11(15)10-14-6-8-18(16,17)9-7-14;;/h12H,2-10H2,1H3,(H,13,15);2*1H. The first-order valence-corrected chi connectivity index (χ1v) is 8.26. The van der Waals surface area contributed by atoms with E-state index in [1.807, 2.05) is 4.90 Å². The van der Waals surface area contributed by atoms with Crippen LogP contribution < -0.4 is 10.6 Å². The maximum absolute atomic E-state index is 11.6. The van der Waals surface area contributed by atoms with Crippen molar-refractivity contribution in [3.63, 3.8) is 0 Å². The molecule has 9 heteroatoms. The van der Waals surface area contributed by atoms with Crippen molar-refractivity contribution in [3.05, 3.63) is 0 Å². The number of carbonyl (C=O) groups excluding carboxylic acids is 1. The van der Waals surface area contributed by atoms with Crippen LogP contribution in [0.2, 0.25) is 0 Å². The predicted octanol–water partition coefficient (Wildman–Crippen LogP) is -0.324. The number of amides is 1. The Balaban J connectivity index is 0. The smallest absolute Gasteiger partial charge is 0.234 e. The van der Waals surface area contributed by atoms with Gasteiger partial charge in [-0.2, -0.15) is 0 Å². The fourth-order valence-electron chi connectivity index (χ4n) is 1.76. The SMILES string of the molecule is CCCNCCNC(=O)CN1CCS(=O)(=O)CC1.Cl.Cl. The van der Waals surface area contributed by atoms with E-state index in [0.29, 0.717) is 26.2 Å². The number of sulfone groups is 1. The van der Waals surface area contributed by atoms with Crippen molar-refractivity contribution in [1.82, 2.24) is 15.5 Å². The lowest BCUT2D eigenvalue weighted by Gasteiger charge is -2.25. The Morgan fingerprint density at radius 2 is 1.70 bits per heavy atom. The first-order valence-electron chi connectivity index (χ1n) is 6.43. The van der Waals surface area contributed by atoms with Crippen LogP contribution in [0.15, 0.2) is 0 Å². The van der Waals surface area contributed by atoms with Gasteiger partial charge in [-0.1, -0.05) is 6.92 Å². The van der Waals surface area contributed by atoms with Crippen molar-refractivity contribution in [2.24, 2.45) is 0 Å². The molecule has 1 rings (SSSR count). The molecule has 0 saturated carbocycles. The number of hydrogen-bond donors (Lipinski definition) is 2. The van der Waals surface area contributed by atoms with Gasteiger partial charge in [0, 0.05) is 26.2 Å². The van der Waals surface area contributed by atoms with E-state index in [0.717, 1.165) is 19.5 Å². The highest BCUT2D eigenvalue weighted by Gasteiger charge is 2.22. The van der Waals surface area contributed by atoms with Crippen molar-refractivity contribution >= 4 is 40.6 Å². The second-order valence-electron chi connectivity index (χ2n) is 4.53. The summed E-state index contributed by atoms with van der Waals surface area (Å²) in [5.74, 6) is 0.295. The molecule has 0 unspecified atom stereocenters. The molecule has 0 aromatic heterocycles. The van der Waals surface area contributed by atoms with Gasteiger partial charge in [0.15, 0.2) is 9.84 Å². The zero-order valence-corrected chi connectivity index (χ0v) is 14.2. The van der Waals surface area contributed by atoms with Crippen LogP contribution in [-0.4, -0.2) is 70.0 Å². The Morgan fingerprint density at radius 1 is 1.10 bits per heavy atom. The molecule has 1 amide bonds. The summed E-state index contributed by atoms with van der Waals surface area (Å²) in [5, 5.41) is 6.01. The molecule has 122 valence electrons. The Kier molecular flexibility index (Phi) is 12.8. The van der Waals surface area contributed by atoms with Gasteiger partial charge < -0.3 is 10.6 Å². The Morgan fingerprint density at radius 3 is 2.25 bits per heavy atom. The predicted molar refractivity (Wildman–Crippen MR) is 85.8 cm³/mol. The van der Waals surface area contributed by atoms with Gasteiger partial charge in [-0.3, -0.25) is 9.69 Å². The second kappa shape index (κ2) is 11.6. The summed E-state index contributed by atoms with van der Waals surface area (Å²) < 4.78 is 22.4. The highest BCUT2D eigenvalue weighted by atomic mass is 35.5. The van der Waals surface area contributed by atoms with Crippen molar-refractivity contribution < 1.29 is 13.2 Å². The van der Waals surface area contributed by atoms with Gasteiger partial charge in [-0.05, 0) is 13.0 Å². The zero-order valence-electron chi connectivity index (χ0n) is 11.8. The van der Waals surface area contributed by atoms with Gasteiger partial charge in [0.05, 0.1) is 18.1 Å². The summed E-state index contributed by atoms with van der Waals surface area (Å²) in [6, 6.07) is 0. The van der Waals surface area contributed by atoms with Gasteiger partial charge in [-0.25, -0.2) is 8.42 Å². The molecule has 1 heterocycles. The van der Waals surface area contributed by atoms with Crippen LogP contribution >= 0.6 is 24.8 Å². The number of hydrogen-bond acceptors (Lipinski definition) is 5. The average molecular weight is 350 g/mol. The second-order valence-corrected chi connectivity index (χ2v) is 6.83. The van der Waals surface area contributed by atoms with Gasteiger partial charge in [0.1, 0.15) is 0 Å². The number of nitrogens with one attached hydrogen (secondary N) is 2. The molecule has 0 aromatic rings. The van der Waals surface area contributed by atoms with E-state index in [1.165, 1.54) is 0 Å². The average Bonchev–Trinajstić information content (AvgIpc) is 2.32. The van der Waals surface area contributed by atoms with Crippen LogP contribution in [0.25, 0.3) is 0 Å². The number of nitrogens with zero attached hydrogens (tertiary/aromatic N) is 1. The van der Waals surface area contributed by atoms with E-state index in [-0.39, 0.29) is 42.2 Å². The van der Waals surface area contributed by atoms with Gasteiger partial charge in [0.2, 0.25) is 5.91 Å². The molecule has 2 N–H and O–H groups in total. The lowest BCUT2D eigenvalue weighted by atomic mass is 10.4. The Bertz CT molecular complexity index is 352. The maximum Gasteiger partial charge on any atom is 0.234 e. The molecule has 0 aliphatic carbocycles. The molecule has 1 saturated heterocycles. The summed E-state index contributed by atoms with van der Waals surface area (Å²) in [4.78, 5) is 13.5. The maximum atomic E-state index is 11.6. The van der Waals surface area contributed by atoms with Crippen molar-refractivity contribution in [3.8, 4) is 0 Å². The van der Waals surface area contributed by atoms with Gasteiger partial charge in [-0.15, -0.1) is 24.8 Å². The molecular weight excluding hydrogens is 325 g/mol. The number of carbonyl (C=O) groups is 1. The van der Waals surface area contributed by atoms with Crippen molar-refractivity contribution in [2.45, 2.75) is 13.3 Å².